The van der Waals surface area contributed by atoms with Crippen LogP contribution in [0.15, 0.2) is 30.3 Å². The Morgan fingerprint density at radius 1 is 1.26 bits per heavy atom. The number of carbonyl (C=O) groups is 2. The number of pyridine rings is 1. The predicted octanol–water partition coefficient (Wildman–Crippen LogP) is 1.64. The van der Waals surface area contributed by atoms with Gasteiger partial charge in [0.25, 0.3) is 5.91 Å². The van der Waals surface area contributed by atoms with Crippen molar-refractivity contribution in [3.63, 3.8) is 0 Å². The van der Waals surface area contributed by atoms with Gasteiger partial charge in [0.05, 0.1) is 11.6 Å². The Morgan fingerprint density at radius 2 is 1.93 bits per heavy atom. The van der Waals surface area contributed by atoms with Gasteiger partial charge in [-0.1, -0.05) is 12.1 Å². The first kappa shape index (κ1) is 19.1. The Morgan fingerprint density at radius 3 is 2.59 bits per heavy atom. The van der Waals surface area contributed by atoms with Crippen molar-refractivity contribution >= 4 is 22.7 Å². The molecule has 1 fully saturated rings. The van der Waals surface area contributed by atoms with Crippen molar-refractivity contribution in [1.82, 2.24) is 15.2 Å². The number of aromatic nitrogens is 1. The van der Waals surface area contributed by atoms with Crippen LogP contribution >= 0.6 is 0 Å². The van der Waals surface area contributed by atoms with Crippen LogP contribution in [0.5, 0.6) is 5.75 Å². The minimum absolute atomic E-state index is 0.0269. The number of amides is 2. The number of nitrogens with zero attached hydrogens (tertiary/aromatic N) is 2. The third kappa shape index (κ3) is 4.19. The summed E-state index contributed by atoms with van der Waals surface area (Å²) in [7, 11) is 0. The quantitative estimate of drug-likeness (QED) is 0.758. The van der Waals surface area contributed by atoms with Crippen molar-refractivity contribution in [2.45, 2.75) is 38.8 Å². The second-order valence-corrected chi connectivity index (χ2v) is 7.26. The molecule has 27 heavy (non-hydrogen) atoms. The van der Waals surface area contributed by atoms with Crippen molar-refractivity contribution in [2.75, 3.05) is 13.1 Å². The molecule has 1 aliphatic rings. The third-order valence-electron chi connectivity index (χ3n) is 5.23. The summed E-state index contributed by atoms with van der Waals surface area (Å²) in [6.45, 7) is 4.97. The summed E-state index contributed by atoms with van der Waals surface area (Å²) in [5.41, 5.74) is 6.45. The Bertz CT molecular complexity index is 844. The van der Waals surface area contributed by atoms with Crippen molar-refractivity contribution in [2.24, 2.45) is 11.7 Å². The molecule has 7 nitrogen and oxygen atoms in total. The molecule has 1 aromatic carbocycles. The summed E-state index contributed by atoms with van der Waals surface area (Å²) in [5.74, 6) is -0.0140. The summed E-state index contributed by atoms with van der Waals surface area (Å²) >= 11 is 0. The first-order valence-corrected chi connectivity index (χ1v) is 9.31. The largest absolute Gasteiger partial charge is 0.507 e. The lowest BCUT2D eigenvalue weighted by atomic mass is 9.90. The highest BCUT2D eigenvalue weighted by Crippen LogP contribution is 2.25. The van der Waals surface area contributed by atoms with Gasteiger partial charge < -0.3 is 21.1 Å². The van der Waals surface area contributed by atoms with E-state index in [0.29, 0.717) is 24.0 Å². The molecule has 4 N–H and O–H groups in total. The third-order valence-corrected chi connectivity index (χ3v) is 5.23. The molecule has 0 radical (unpaired) electrons. The van der Waals surface area contributed by atoms with E-state index in [1.165, 1.54) is 6.07 Å². The number of aromatic hydroxyl groups is 1. The molecule has 0 spiro atoms. The first-order chi connectivity index (χ1) is 12.9. The van der Waals surface area contributed by atoms with E-state index < -0.39 is 6.04 Å². The zero-order valence-corrected chi connectivity index (χ0v) is 15.7. The Labute approximate surface area is 158 Å². The SMILES string of the molecule is CC(N)C(=O)N1CCC(C(C)NC(=O)c2cc(O)c3ccccc3n2)CC1. The molecule has 0 bridgehead atoms. The predicted molar refractivity (Wildman–Crippen MR) is 103 cm³/mol. The van der Waals surface area contributed by atoms with Gasteiger partial charge in [-0.3, -0.25) is 9.59 Å². The van der Waals surface area contributed by atoms with Crippen LogP contribution in [0.2, 0.25) is 0 Å². The van der Waals surface area contributed by atoms with E-state index in [9.17, 15) is 14.7 Å². The van der Waals surface area contributed by atoms with Crippen LogP contribution in [-0.4, -0.2) is 52.0 Å². The number of fused-ring (bicyclic) bond motifs is 1. The van der Waals surface area contributed by atoms with Crippen LogP contribution in [0.3, 0.4) is 0 Å². The number of benzene rings is 1. The molecule has 144 valence electrons. The van der Waals surface area contributed by atoms with E-state index in [1.807, 2.05) is 19.1 Å². The summed E-state index contributed by atoms with van der Waals surface area (Å²) in [6.07, 6.45) is 1.63. The normalized spacial score (nSPS) is 17.5. The van der Waals surface area contributed by atoms with Gasteiger partial charge in [0.2, 0.25) is 5.91 Å². The smallest absolute Gasteiger partial charge is 0.270 e. The van der Waals surface area contributed by atoms with Gasteiger partial charge in [0.15, 0.2) is 0 Å². The van der Waals surface area contributed by atoms with Crippen molar-refractivity contribution in [1.29, 1.82) is 0 Å². The van der Waals surface area contributed by atoms with E-state index in [-0.39, 0.29) is 35.2 Å². The zero-order chi connectivity index (χ0) is 19.6. The fraction of sp³-hybridized carbons (Fsp3) is 0.450. The van der Waals surface area contributed by atoms with Gasteiger partial charge in [-0.25, -0.2) is 4.98 Å². The van der Waals surface area contributed by atoms with Crippen LogP contribution in [0.1, 0.15) is 37.2 Å². The van der Waals surface area contributed by atoms with Crippen LogP contribution in [0, 0.1) is 5.92 Å². The summed E-state index contributed by atoms with van der Waals surface area (Å²) in [4.78, 5) is 30.7. The number of nitrogens with one attached hydrogen (secondary N) is 1. The highest BCUT2D eigenvalue weighted by molar-refractivity contribution is 5.97. The number of carbonyl (C=O) groups excluding carboxylic acids is 2. The molecule has 3 rings (SSSR count). The Hall–Kier alpha value is -2.67. The van der Waals surface area contributed by atoms with E-state index in [2.05, 4.69) is 10.3 Å². The van der Waals surface area contributed by atoms with Crippen LogP contribution < -0.4 is 11.1 Å². The molecule has 7 heteroatoms. The Balaban J connectivity index is 1.62. The molecule has 2 unspecified atom stereocenters. The van der Waals surface area contributed by atoms with Gasteiger partial charge in [-0.15, -0.1) is 0 Å². The summed E-state index contributed by atoms with van der Waals surface area (Å²) in [5, 5.41) is 13.7. The Kier molecular flexibility index (Phi) is 5.60. The number of nitrogens with two attached hydrogens (primary N) is 1. The molecule has 2 aromatic rings. The average Bonchev–Trinajstić information content (AvgIpc) is 2.67. The molecular formula is C20H26N4O3. The summed E-state index contributed by atoms with van der Waals surface area (Å²) < 4.78 is 0. The number of likely N-dealkylation sites (tertiary alicyclic amines) is 1. The van der Waals surface area contributed by atoms with Crippen LogP contribution in [0.4, 0.5) is 0 Å². The molecule has 1 aromatic heterocycles. The van der Waals surface area contributed by atoms with Crippen LogP contribution in [-0.2, 0) is 4.79 Å². The minimum atomic E-state index is -0.481. The molecule has 2 amide bonds. The maximum absolute atomic E-state index is 12.6. The fourth-order valence-corrected chi connectivity index (χ4v) is 3.58. The zero-order valence-electron chi connectivity index (χ0n) is 15.7. The molecule has 1 aliphatic heterocycles. The van der Waals surface area contributed by atoms with E-state index >= 15 is 0 Å². The molecule has 2 atom stereocenters. The average molecular weight is 370 g/mol. The monoisotopic (exact) mass is 370 g/mol. The second kappa shape index (κ2) is 7.92. The maximum atomic E-state index is 12.6. The topological polar surface area (TPSA) is 109 Å². The summed E-state index contributed by atoms with van der Waals surface area (Å²) in [6, 6.07) is 8.02. The number of para-hydroxylation sites is 1. The van der Waals surface area contributed by atoms with Gasteiger partial charge in [-0.05, 0) is 44.7 Å². The lowest BCUT2D eigenvalue weighted by Gasteiger charge is -2.35. The van der Waals surface area contributed by atoms with Gasteiger partial charge in [0, 0.05) is 30.6 Å². The second-order valence-electron chi connectivity index (χ2n) is 7.26. The molecule has 1 saturated heterocycles. The van der Waals surface area contributed by atoms with Crippen molar-refractivity contribution in [3.05, 3.63) is 36.0 Å². The standard InChI is InChI=1S/C20H26N4O3/c1-12(21)20(27)24-9-7-14(8-10-24)13(2)22-19(26)17-11-18(25)15-5-3-4-6-16(15)23-17/h3-6,11-14H,7-10,21H2,1-2H3,(H,22,26)(H,23,25). The van der Waals surface area contributed by atoms with Crippen molar-refractivity contribution in [3.8, 4) is 5.75 Å². The molecule has 0 aliphatic carbocycles. The van der Waals surface area contributed by atoms with Gasteiger partial charge in [-0.2, -0.15) is 0 Å². The fourth-order valence-electron chi connectivity index (χ4n) is 3.58. The van der Waals surface area contributed by atoms with Crippen LogP contribution in [0.25, 0.3) is 10.9 Å². The number of rotatable bonds is 4. The highest BCUT2D eigenvalue weighted by atomic mass is 16.3. The molecule has 0 saturated carbocycles. The lowest BCUT2D eigenvalue weighted by molar-refractivity contribution is -0.133. The number of hydrogen-bond acceptors (Lipinski definition) is 5. The molecular weight excluding hydrogens is 344 g/mol. The van der Waals surface area contributed by atoms with E-state index in [4.69, 9.17) is 5.73 Å². The van der Waals surface area contributed by atoms with Gasteiger partial charge in [0.1, 0.15) is 11.4 Å². The lowest BCUT2D eigenvalue weighted by Crippen LogP contribution is -2.49. The van der Waals surface area contributed by atoms with Crippen molar-refractivity contribution < 1.29 is 14.7 Å². The van der Waals surface area contributed by atoms with E-state index in [0.717, 1.165) is 12.8 Å². The highest BCUT2D eigenvalue weighted by Gasteiger charge is 2.28. The number of hydrogen-bond donors (Lipinski definition) is 3. The molecule has 2 heterocycles. The minimum Gasteiger partial charge on any atom is -0.507 e. The maximum Gasteiger partial charge on any atom is 0.270 e. The van der Waals surface area contributed by atoms with Gasteiger partial charge >= 0.3 is 0 Å². The number of piperidine rings is 1. The first-order valence-electron chi connectivity index (χ1n) is 9.31. The van der Waals surface area contributed by atoms with E-state index in [1.54, 1.807) is 24.0 Å².